The number of aromatic nitrogens is 3. The molecule has 0 spiro atoms. The topological polar surface area (TPSA) is 93.4 Å². The van der Waals surface area contributed by atoms with E-state index in [0.717, 1.165) is 5.56 Å². The lowest BCUT2D eigenvalue weighted by Gasteiger charge is -2.14. The third-order valence-electron chi connectivity index (χ3n) is 4.21. The highest BCUT2D eigenvalue weighted by atomic mass is 16.1. The van der Waals surface area contributed by atoms with E-state index in [1.165, 1.54) is 10.5 Å². The minimum atomic E-state index is -0.354. The molecule has 3 heterocycles. The van der Waals surface area contributed by atoms with Crippen LogP contribution in [0.4, 0.5) is 5.82 Å². The average molecular weight is 352 g/mol. The van der Waals surface area contributed by atoms with Crippen molar-refractivity contribution < 1.29 is 9.36 Å². The molecule has 3 N–H and O–H groups in total. The number of nitrogens with one attached hydrogen (secondary N) is 1. The van der Waals surface area contributed by atoms with E-state index in [1.807, 2.05) is 26.8 Å². The first-order valence-electron chi connectivity index (χ1n) is 8.41. The molecule has 0 radical (unpaired) electrons. The van der Waals surface area contributed by atoms with Crippen LogP contribution >= 0.6 is 0 Å². The van der Waals surface area contributed by atoms with Gasteiger partial charge in [-0.3, -0.25) is 14.0 Å². The fourth-order valence-electron chi connectivity index (χ4n) is 2.98. The lowest BCUT2D eigenvalue weighted by atomic mass is 10.1. The Hall–Kier alpha value is -3.22. The summed E-state index contributed by atoms with van der Waals surface area (Å²) in [5.74, 6) is -0.0788. The zero-order valence-electron chi connectivity index (χ0n) is 15.1. The van der Waals surface area contributed by atoms with E-state index in [-0.39, 0.29) is 28.9 Å². The molecular weight excluding hydrogens is 330 g/mol. The number of aryl methyl sites for hydroxylation is 1. The van der Waals surface area contributed by atoms with Gasteiger partial charge in [0, 0.05) is 12.7 Å². The quantitative estimate of drug-likeness (QED) is 0.423. The molecule has 134 valence electrons. The molecule has 0 atom stereocenters. The van der Waals surface area contributed by atoms with E-state index >= 15 is 0 Å². The number of anilines is 1. The molecule has 0 aliphatic heterocycles. The number of carbonyl (C=O) groups excluding carboxylic acids is 1. The van der Waals surface area contributed by atoms with Crippen LogP contribution in [0.25, 0.3) is 16.7 Å². The van der Waals surface area contributed by atoms with Gasteiger partial charge in [0.1, 0.15) is 10.9 Å². The van der Waals surface area contributed by atoms with Crippen molar-refractivity contribution >= 4 is 28.4 Å². The predicted molar refractivity (Wildman–Crippen MR) is 101 cm³/mol. The Bertz CT molecular complexity index is 1100. The van der Waals surface area contributed by atoms with Crippen molar-refractivity contribution in [3.8, 4) is 0 Å². The molecule has 1 amide bonds. The van der Waals surface area contributed by atoms with Gasteiger partial charge in [0.25, 0.3) is 17.1 Å². The number of amides is 1. The maximum Gasteiger partial charge on any atom is 0.278 e. The van der Waals surface area contributed by atoms with Crippen molar-refractivity contribution in [3.05, 3.63) is 58.5 Å². The molecule has 0 unspecified atom stereocenters. The molecule has 0 aliphatic carbocycles. The maximum absolute atomic E-state index is 13.0. The second-order valence-electron chi connectivity index (χ2n) is 6.49. The molecule has 0 saturated carbocycles. The number of hydrogen-bond acceptors (Lipinski definition) is 4. The van der Waals surface area contributed by atoms with Crippen LogP contribution in [-0.4, -0.2) is 21.8 Å². The summed E-state index contributed by atoms with van der Waals surface area (Å²) in [7, 11) is 0. The van der Waals surface area contributed by atoms with Crippen LogP contribution < -0.4 is 21.2 Å². The first-order valence-corrected chi connectivity index (χ1v) is 8.41. The van der Waals surface area contributed by atoms with Gasteiger partial charge in [0.2, 0.25) is 11.5 Å². The molecule has 3 aromatic rings. The van der Waals surface area contributed by atoms with Crippen molar-refractivity contribution in [2.75, 3.05) is 12.3 Å². The van der Waals surface area contributed by atoms with Gasteiger partial charge in [0.05, 0.1) is 6.04 Å². The predicted octanol–water partition coefficient (Wildman–Crippen LogP) is 1.52. The molecule has 3 aromatic heterocycles. The molecule has 0 saturated heterocycles. The van der Waals surface area contributed by atoms with Gasteiger partial charge in [-0.1, -0.05) is 17.1 Å². The number of pyridine rings is 2. The summed E-state index contributed by atoms with van der Waals surface area (Å²) in [4.78, 5) is 30.1. The fraction of sp³-hybridized carbons (Fsp3) is 0.263. The van der Waals surface area contributed by atoms with Crippen molar-refractivity contribution in [1.82, 2.24) is 14.7 Å². The van der Waals surface area contributed by atoms with E-state index in [9.17, 15) is 9.59 Å². The second kappa shape index (κ2) is 6.59. The molecule has 7 nitrogen and oxygen atoms in total. The van der Waals surface area contributed by atoms with Gasteiger partial charge in [0.15, 0.2) is 0 Å². The Kier molecular flexibility index (Phi) is 4.46. The number of carbonyl (C=O) groups is 1. The summed E-state index contributed by atoms with van der Waals surface area (Å²) >= 11 is 0. The van der Waals surface area contributed by atoms with Gasteiger partial charge in [-0.2, -0.15) is 0 Å². The van der Waals surface area contributed by atoms with Crippen LogP contribution in [-0.2, 0) is 0 Å². The highest BCUT2D eigenvalue weighted by Gasteiger charge is 2.25. The number of nitrogens with zero attached hydrogens (tertiary/aromatic N) is 3. The zero-order valence-corrected chi connectivity index (χ0v) is 15.1. The molecule has 3 rings (SSSR count). The lowest BCUT2D eigenvalue weighted by Crippen LogP contribution is -2.44. The number of hydrogen-bond donors (Lipinski definition) is 2. The number of nitrogen functional groups attached to an aromatic ring is 1. The van der Waals surface area contributed by atoms with E-state index in [2.05, 4.69) is 16.9 Å². The monoisotopic (exact) mass is 352 g/mol. The van der Waals surface area contributed by atoms with E-state index in [0.29, 0.717) is 23.2 Å². The Morgan fingerprint density at radius 2 is 2.19 bits per heavy atom. The molecule has 0 bridgehead atoms. The SMILES string of the molecule is C=CCNC(=O)c1cc2c(=O)n3cc(C)ccc3nc2[n+](C(C)C)c1N. The Morgan fingerprint density at radius 1 is 1.46 bits per heavy atom. The lowest BCUT2D eigenvalue weighted by molar-refractivity contribution is -0.679. The zero-order chi connectivity index (χ0) is 19.0. The molecular formula is C19H22N5O2+. The van der Waals surface area contributed by atoms with Crippen molar-refractivity contribution in [2.24, 2.45) is 0 Å². The van der Waals surface area contributed by atoms with Crippen LogP contribution in [0, 0.1) is 6.92 Å². The second-order valence-corrected chi connectivity index (χ2v) is 6.49. The summed E-state index contributed by atoms with van der Waals surface area (Å²) in [6.07, 6.45) is 3.32. The highest BCUT2D eigenvalue weighted by Crippen LogP contribution is 2.17. The van der Waals surface area contributed by atoms with Gasteiger partial charge in [-0.25, -0.2) is 4.57 Å². The third-order valence-corrected chi connectivity index (χ3v) is 4.21. The number of rotatable bonds is 4. The average Bonchev–Trinajstić information content (AvgIpc) is 2.59. The minimum Gasteiger partial charge on any atom is -0.348 e. The van der Waals surface area contributed by atoms with E-state index in [1.54, 1.807) is 22.9 Å². The fourth-order valence-corrected chi connectivity index (χ4v) is 2.98. The standard InChI is InChI=1S/C19H21N5O2/c1-5-8-21-18(25)13-9-14-17(24(11(2)3)16(13)20)22-15-7-6-12(4)10-23(15)19(14)26/h5-7,9-11,20H,1,8H2,2-4H3,(H,21,25)/p+1. The van der Waals surface area contributed by atoms with Crippen LogP contribution in [0.5, 0.6) is 0 Å². The molecule has 0 fully saturated rings. The van der Waals surface area contributed by atoms with Crippen molar-refractivity contribution in [1.29, 1.82) is 0 Å². The van der Waals surface area contributed by atoms with Gasteiger partial charge in [-0.05, 0) is 38.5 Å². The molecule has 7 heteroatoms. The summed E-state index contributed by atoms with van der Waals surface area (Å²) in [5.41, 5.74) is 8.22. The molecule has 26 heavy (non-hydrogen) atoms. The highest BCUT2D eigenvalue weighted by molar-refractivity contribution is 6.00. The van der Waals surface area contributed by atoms with Crippen molar-refractivity contribution in [3.63, 3.8) is 0 Å². The smallest absolute Gasteiger partial charge is 0.278 e. The van der Waals surface area contributed by atoms with E-state index < -0.39 is 0 Å². The van der Waals surface area contributed by atoms with Crippen molar-refractivity contribution in [2.45, 2.75) is 26.8 Å². The van der Waals surface area contributed by atoms with E-state index in [4.69, 9.17) is 5.73 Å². The van der Waals surface area contributed by atoms with Gasteiger partial charge in [-0.15, -0.1) is 6.58 Å². The summed E-state index contributed by atoms with van der Waals surface area (Å²) < 4.78 is 3.21. The van der Waals surface area contributed by atoms with Crippen LogP contribution in [0.15, 0.2) is 41.8 Å². The summed E-state index contributed by atoms with van der Waals surface area (Å²) in [5, 5.41) is 3.05. The minimum absolute atomic E-state index is 0.0792. The Morgan fingerprint density at radius 3 is 2.85 bits per heavy atom. The van der Waals surface area contributed by atoms with Crippen LogP contribution in [0.1, 0.15) is 35.8 Å². The van der Waals surface area contributed by atoms with Crippen LogP contribution in [0.3, 0.4) is 0 Å². The largest absolute Gasteiger partial charge is 0.348 e. The first-order chi connectivity index (χ1) is 12.3. The Labute approximate surface area is 150 Å². The van der Waals surface area contributed by atoms with Gasteiger partial charge < -0.3 is 11.1 Å². The summed E-state index contributed by atoms with van der Waals surface area (Å²) in [6, 6.07) is 5.13. The summed E-state index contributed by atoms with van der Waals surface area (Å²) in [6.45, 7) is 9.66. The molecule has 0 aromatic carbocycles. The first kappa shape index (κ1) is 17.6. The third kappa shape index (κ3) is 2.81. The maximum atomic E-state index is 13.0. The number of fused-ring (bicyclic) bond motifs is 2. The van der Waals surface area contributed by atoms with Gasteiger partial charge >= 0.3 is 0 Å². The molecule has 0 aliphatic rings. The Balaban J connectivity index is 2.42. The van der Waals surface area contributed by atoms with Crippen LogP contribution in [0.2, 0.25) is 0 Å². The number of nitrogens with two attached hydrogens (primary N) is 1. The normalized spacial score (nSPS) is 11.2.